The third kappa shape index (κ3) is 1.59. The number of hydrogen-bond acceptors (Lipinski definition) is 2. The van der Waals surface area contributed by atoms with E-state index in [1.807, 2.05) is 6.08 Å². The van der Waals surface area contributed by atoms with Crippen LogP contribution in [-0.4, -0.2) is 12.1 Å². The predicted molar refractivity (Wildman–Crippen MR) is 65.7 cm³/mol. The zero-order chi connectivity index (χ0) is 11.9. The number of benzene rings is 1. The van der Waals surface area contributed by atoms with Crippen LogP contribution in [0.15, 0.2) is 36.4 Å². The predicted octanol–water partition coefficient (Wildman–Crippen LogP) is 2.90. The second kappa shape index (κ2) is 3.73. The first kappa shape index (κ1) is 10.6. The lowest BCUT2D eigenvalue weighted by molar-refractivity contribution is -0.140. The van der Waals surface area contributed by atoms with Crippen molar-refractivity contribution in [2.24, 2.45) is 0 Å². The van der Waals surface area contributed by atoms with Gasteiger partial charge in [-0.25, -0.2) is 0 Å². The van der Waals surface area contributed by atoms with Gasteiger partial charge in [-0.2, -0.15) is 0 Å². The molecule has 0 unspecified atom stereocenters. The maximum atomic E-state index is 11.6. The molecule has 1 heterocycles. The summed E-state index contributed by atoms with van der Waals surface area (Å²) in [5.74, 6) is -0.0675. The van der Waals surface area contributed by atoms with Crippen LogP contribution >= 0.6 is 0 Å². The number of esters is 1. The number of carbonyl (C=O) groups excluding carboxylic acids is 1. The van der Waals surface area contributed by atoms with Crippen molar-refractivity contribution >= 4 is 5.97 Å². The lowest BCUT2D eigenvalue weighted by atomic mass is 9.69. The summed E-state index contributed by atoms with van der Waals surface area (Å²) in [5.41, 5.74) is 2.38. The maximum absolute atomic E-state index is 11.6. The first-order valence-electron chi connectivity index (χ1n) is 6.14. The fourth-order valence-electron chi connectivity index (χ4n) is 2.97. The van der Waals surface area contributed by atoms with E-state index in [4.69, 9.17) is 4.74 Å². The Morgan fingerprint density at radius 1 is 1.29 bits per heavy atom. The summed E-state index contributed by atoms with van der Waals surface area (Å²) in [4.78, 5) is 11.6. The normalized spacial score (nSPS) is 31.1. The number of allylic oxidation sites excluding steroid dienone is 1. The van der Waals surface area contributed by atoms with Crippen LogP contribution in [0, 0.1) is 6.92 Å². The van der Waals surface area contributed by atoms with Crippen molar-refractivity contribution in [3.8, 4) is 0 Å². The van der Waals surface area contributed by atoms with Crippen molar-refractivity contribution in [3.05, 3.63) is 47.5 Å². The molecule has 88 valence electrons. The van der Waals surface area contributed by atoms with Crippen molar-refractivity contribution in [1.82, 2.24) is 0 Å². The van der Waals surface area contributed by atoms with Crippen LogP contribution in [0.4, 0.5) is 0 Å². The molecule has 0 amide bonds. The smallest absolute Gasteiger partial charge is 0.307 e. The van der Waals surface area contributed by atoms with Crippen molar-refractivity contribution in [3.63, 3.8) is 0 Å². The molecule has 2 heteroatoms. The van der Waals surface area contributed by atoms with E-state index in [-0.39, 0.29) is 17.5 Å². The molecule has 1 fully saturated rings. The zero-order valence-corrected chi connectivity index (χ0v) is 9.98. The summed E-state index contributed by atoms with van der Waals surface area (Å²) >= 11 is 0. The topological polar surface area (TPSA) is 26.3 Å². The zero-order valence-electron chi connectivity index (χ0n) is 9.98. The van der Waals surface area contributed by atoms with Crippen LogP contribution in [0.5, 0.6) is 0 Å². The summed E-state index contributed by atoms with van der Waals surface area (Å²) in [6, 6.07) is 8.51. The SMILES string of the molecule is Cc1ccc([C@@]23CCC=C[C@@H]2OC(=O)C3)cc1. The van der Waals surface area contributed by atoms with Crippen molar-refractivity contribution in [2.75, 3.05) is 0 Å². The van der Waals surface area contributed by atoms with Crippen LogP contribution in [-0.2, 0) is 14.9 Å². The molecule has 0 bridgehead atoms. The average Bonchev–Trinajstić information content (AvgIpc) is 2.66. The molecule has 1 aromatic rings. The van der Waals surface area contributed by atoms with Gasteiger partial charge in [-0.05, 0) is 31.4 Å². The van der Waals surface area contributed by atoms with Gasteiger partial charge >= 0.3 is 5.97 Å². The largest absolute Gasteiger partial charge is 0.457 e. The highest BCUT2D eigenvalue weighted by molar-refractivity contribution is 5.75. The Labute approximate surface area is 101 Å². The summed E-state index contributed by atoms with van der Waals surface area (Å²) in [7, 11) is 0. The fraction of sp³-hybridized carbons (Fsp3) is 0.400. The first-order valence-corrected chi connectivity index (χ1v) is 6.14. The van der Waals surface area contributed by atoms with E-state index in [0.717, 1.165) is 12.8 Å². The van der Waals surface area contributed by atoms with Crippen LogP contribution in [0.25, 0.3) is 0 Å². The molecule has 2 atom stereocenters. The van der Waals surface area contributed by atoms with Crippen LogP contribution in [0.2, 0.25) is 0 Å². The van der Waals surface area contributed by atoms with Gasteiger partial charge in [0, 0.05) is 5.41 Å². The monoisotopic (exact) mass is 228 g/mol. The number of ether oxygens (including phenoxy) is 1. The molecule has 2 nitrogen and oxygen atoms in total. The van der Waals surface area contributed by atoms with Gasteiger partial charge in [0.15, 0.2) is 0 Å². The van der Waals surface area contributed by atoms with Crippen molar-refractivity contribution in [1.29, 1.82) is 0 Å². The molecule has 1 saturated heterocycles. The van der Waals surface area contributed by atoms with E-state index >= 15 is 0 Å². The van der Waals surface area contributed by atoms with E-state index in [1.54, 1.807) is 0 Å². The van der Waals surface area contributed by atoms with E-state index in [1.165, 1.54) is 11.1 Å². The third-order valence-electron chi connectivity index (χ3n) is 3.96. The van der Waals surface area contributed by atoms with Gasteiger partial charge in [0.1, 0.15) is 6.10 Å². The van der Waals surface area contributed by atoms with E-state index in [0.29, 0.717) is 6.42 Å². The molecule has 1 aliphatic carbocycles. The summed E-state index contributed by atoms with van der Waals surface area (Å²) in [6.45, 7) is 2.08. The van der Waals surface area contributed by atoms with Gasteiger partial charge in [-0.15, -0.1) is 0 Å². The number of rotatable bonds is 1. The molecule has 1 aromatic carbocycles. The molecular weight excluding hydrogens is 212 g/mol. The molecule has 0 saturated carbocycles. The van der Waals surface area contributed by atoms with Gasteiger partial charge in [-0.3, -0.25) is 4.79 Å². The molecule has 0 spiro atoms. The van der Waals surface area contributed by atoms with Gasteiger partial charge in [0.05, 0.1) is 6.42 Å². The Morgan fingerprint density at radius 3 is 2.82 bits per heavy atom. The molecule has 1 aliphatic heterocycles. The lowest BCUT2D eigenvalue weighted by Crippen LogP contribution is -2.36. The number of carbonyl (C=O) groups is 1. The second-order valence-corrected chi connectivity index (χ2v) is 5.08. The number of fused-ring (bicyclic) bond motifs is 1. The van der Waals surface area contributed by atoms with Gasteiger partial charge < -0.3 is 4.74 Å². The highest BCUT2D eigenvalue weighted by atomic mass is 16.6. The Morgan fingerprint density at radius 2 is 2.06 bits per heavy atom. The van der Waals surface area contributed by atoms with Gasteiger partial charge in [0.2, 0.25) is 0 Å². The number of aryl methyl sites for hydroxylation is 1. The third-order valence-corrected chi connectivity index (χ3v) is 3.96. The second-order valence-electron chi connectivity index (χ2n) is 5.08. The highest BCUT2D eigenvalue weighted by Crippen LogP contribution is 2.45. The standard InChI is InChI=1S/C15H16O2/c1-11-5-7-12(8-6-11)15-9-3-2-4-13(15)17-14(16)10-15/h2,4-8,13H,3,9-10H2,1H3/t13-,15-/m0/s1. The summed E-state index contributed by atoms with van der Waals surface area (Å²) in [6.07, 6.45) is 6.66. The summed E-state index contributed by atoms with van der Waals surface area (Å²) < 4.78 is 5.43. The number of hydrogen-bond donors (Lipinski definition) is 0. The quantitative estimate of drug-likeness (QED) is 0.545. The van der Waals surface area contributed by atoms with Crippen LogP contribution in [0.3, 0.4) is 0 Å². The van der Waals surface area contributed by atoms with E-state index < -0.39 is 0 Å². The molecule has 0 radical (unpaired) electrons. The molecule has 0 N–H and O–H groups in total. The van der Waals surface area contributed by atoms with Crippen molar-refractivity contribution in [2.45, 2.75) is 37.7 Å². The minimum absolute atomic E-state index is 0.0635. The highest BCUT2D eigenvalue weighted by Gasteiger charge is 2.49. The van der Waals surface area contributed by atoms with Crippen molar-refractivity contribution < 1.29 is 9.53 Å². The van der Waals surface area contributed by atoms with Gasteiger partial charge in [-0.1, -0.05) is 35.9 Å². The van der Waals surface area contributed by atoms with E-state index in [2.05, 4.69) is 37.3 Å². The maximum Gasteiger partial charge on any atom is 0.307 e. The fourth-order valence-corrected chi connectivity index (χ4v) is 2.97. The lowest BCUT2D eigenvalue weighted by Gasteiger charge is -2.34. The minimum atomic E-state index is -0.112. The Bertz CT molecular complexity index is 472. The molecule has 17 heavy (non-hydrogen) atoms. The minimum Gasteiger partial charge on any atom is -0.457 e. The molecule has 3 rings (SSSR count). The Kier molecular flexibility index (Phi) is 2.32. The average molecular weight is 228 g/mol. The first-order chi connectivity index (χ1) is 8.21. The summed E-state index contributed by atoms with van der Waals surface area (Å²) in [5, 5.41) is 0. The van der Waals surface area contributed by atoms with Crippen LogP contribution in [0.1, 0.15) is 30.4 Å². The molecule has 2 aliphatic rings. The van der Waals surface area contributed by atoms with Crippen LogP contribution < -0.4 is 0 Å². The molecule has 0 aromatic heterocycles. The Balaban J connectivity index is 2.06. The van der Waals surface area contributed by atoms with E-state index in [9.17, 15) is 4.79 Å². The molecular formula is C15H16O2. The Hall–Kier alpha value is -1.57. The van der Waals surface area contributed by atoms with Gasteiger partial charge in [0.25, 0.3) is 0 Å².